The molecule has 0 aliphatic carbocycles. The number of aromatic nitrogens is 1. The van der Waals surface area contributed by atoms with E-state index < -0.39 is 0 Å². The Balaban J connectivity index is 2.36. The molecule has 0 unspecified atom stereocenters. The van der Waals surface area contributed by atoms with Gasteiger partial charge in [-0.1, -0.05) is 6.07 Å². The summed E-state index contributed by atoms with van der Waals surface area (Å²) < 4.78 is 0. The number of nitrogens with one attached hydrogen (secondary N) is 1. The molecule has 0 bridgehead atoms. The highest BCUT2D eigenvalue weighted by atomic mass is 16.1. The van der Waals surface area contributed by atoms with E-state index in [0.717, 1.165) is 12.2 Å². The molecule has 1 fully saturated rings. The number of H-pyrrole nitrogens is 1. The molecule has 1 aliphatic rings. The fraction of sp³-hybridized carbons (Fsp3) is 0.545. The van der Waals surface area contributed by atoms with E-state index in [1.54, 1.807) is 6.07 Å². The molecule has 0 spiro atoms. The van der Waals surface area contributed by atoms with Crippen LogP contribution in [0, 0.1) is 6.92 Å². The summed E-state index contributed by atoms with van der Waals surface area (Å²) in [7, 11) is 2.14. The maximum Gasteiger partial charge on any atom is 0.248 e. The first-order chi connectivity index (χ1) is 6.68. The van der Waals surface area contributed by atoms with E-state index in [-0.39, 0.29) is 5.56 Å². The van der Waals surface area contributed by atoms with Gasteiger partial charge in [0.05, 0.1) is 0 Å². The van der Waals surface area contributed by atoms with Crippen molar-refractivity contribution in [3.8, 4) is 0 Å². The minimum Gasteiger partial charge on any atom is -0.326 e. The summed E-state index contributed by atoms with van der Waals surface area (Å²) in [5.41, 5.74) is 2.27. The smallest absolute Gasteiger partial charge is 0.248 e. The normalized spacial score (nSPS) is 22.9. The van der Waals surface area contributed by atoms with Crippen molar-refractivity contribution in [2.75, 3.05) is 13.6 Å². The van der Waals surface area contributed by atoms with Crippen molar-refractivity contribution < 1.29 is 0 Å². The van der Waals surface area contributed by atoms with Crippen LogP contribution < -0.4 is 5.56 Å². The standard InChI is InChI=1S/C11H16N2O/c1-8-9(5-6-11(14)12-8)10-4-3-7-13(10)2/h5-6,10H,3-4,7H2,1-2H3,(H,12,14)/t10-/m0/s1. The maximum atomic E-state index is 11.1. The van der Waals surface area contributed by atoms with Gasteiger partial charge in [-0.3, -0.25) is 9.69 Å². The largest absolute Gasteiger partial charge is 0.326 e. The summed E-state index contributed by atoms with van der Waals surface area (Å²) in [6.45, 7) is 3.13. The van der Waals surface area contributed by atoms with Crippen molar-refractivity contribution in [1.29, 1.82) is 0 Å². The molecule has 14 heavy (non-hydrogen) atoms. The lowest BCUT2D eigenvalue weighted by Gasteiger charge is -2.21. The average Bonchev–Trinajstić information content (AvgIpc) is 2.52. The van der Waals surface area contributed by atoms with Crippen molar-refractivity contribution in [3.05, 3.63) is 33.7 Å². The molecule has 76 valence electrons. The van der Waals surface area contributed by atoms with Crippen LogP contribution in [-0.4, -0.2) is 23.5 Å². The van der Waals surface area contributed by atoms with Gasteiger partial charge in [-0.25, -0.2) is 0 Å². The van der Waals surface area contributed by atoms with Crippen LogP contribution in [0.1, 0.15) is 30.1 Å². The molecular formula is C11H16N2O. The molecule has 0 saturated carbocycles. The van der Waals surface area contributed by atoms with Crippen LogP contribution in [0.15, 0.2) is 16.9 Å². The summed E-state index contributed by atoms with van der Waals surface area (Å²) in [6.07, 6.45) is 2.45. The zero-order valence-corrected chi connectivity index (χ0v) is 8.71. The highest BCUT2D eigenvalue weighted by molar-refractivity contribution is 5.23. The van der Waals surface area contributed by atoms with E-state index in [9.17, 15) is 4.79 Å². The SMILES string of the molecule is Cc1[nH]c(=O)ccc1[C@@H]1CCCN1C. The Kier molecular flexibility index (Phi) is 2.42. The highest BCUT2D eigenvalue weighted by Gasteiger charge is 2.23. The summed E-state index contributed by atoms with van der Waals surface area (Å²) in [5.74, 6) is 0. The first kappa shape index (κ1) is 9.46. The second kappa shape index (κ2) is 3.58. The molecule has 3 heteroatoms. The van der Waals surface area contributed by atoms with Crippen molar-refractivity contribution in [1.82, 2.24) is 9.88 Å². The number of rotatable bonds is 1. The van der Waals surface area contributed by atoms with Gasteiger partial charge in [0, 0.05) is 17.8 Å². The van der Waals surface area contributed by atoms with Gasteiger partial charge in [-0.2, -0.15) is 0 Å². The lowest BCUT2D eigenvalue weighted by molar-refractivity contribution is 0.316. The van der Waals surface area contributed by atoms with Gasteiger partial charge in [0.25, 0.3) is 0 Å². The van der Waals surface area contributed by atoms with Gasteiger partial charge < -0.3 is 4.98 Å². The summed E-state index contributed by atoms with van der Waals surface area (Å²) in [6, 6.07) is 4.07. The highest BCUT2D eigenvalue weighted by Crippen LogP contribution is 2.30. The van der Waals surface area contributed by atoms with Gasteiger partial charge in [-0.05, 0) is 38.9 Å². The number of likely N-dealkylation sites (tertiary alicyclic amines) is 1. The molecule has 0 aromatic carbocycles. The van der Waals surface area contributed by atoms with E-state index in [1.807, 2.05) is 13.0 Å². The third-order valence-corrected chi connectivity index (χ3v) is 3.04. The molecule has 0 amide bonds. The second-order valence-corrected chi connectivity index (χ2v) is 4.04. The number of pyridine rings is 1. The number of aromatic amines is 1. The van der Waals surface area contributed by atoms with Crippen molar-refractivity contribution in [2.24, 2.45) is 0 Å². The van der Waals surface area contributed by atoms with Gasteiger partial charge in [0.15, 0.2) is 0 Å². The Morgan fingerprint density at radius 1 is 1.50 bits per heavy atom. The van der Waals surface area contributed by atoms with Crippen LogP contribution in [0.4, 0.5) is 0 Å². The van der Waals surface area contributed by atoms with Crippen LogP contribution in [-0.2, 0) is 0 Å². The zero-order chi connectivity index (χ0) is 10.1. The van der Waals surface area contributed by atoms with Gasteiger partial charge in [-0.15, -0.1) is 0 Å². The van der Waals surface area contributed by atoms with Gasteiger partial charge in [0.1, 0.15) is 0 Å². The monoisotopic (exact) mass is 192 g/mol. The van der Waals surface area contributed by atoms with Gasteiger partial charge >= 0.3 is 0 Å². The predicted octanol–water partition coefficient (Wildman–Crippen LogP) is 1.45. The first-order valence-corrected chi connectivity index (χ1v) is 5.08. The Hall–Kier alpha value is -1.09. The Morgan fingerprint density at radius 3 is 2.86 bits per heavy atom. The lowest BCUT2D eigenvalue weighted by Crippen LogP contribution is -2.20. The van der Waals surface area contributed by atoms with Crippen LogP contribution in [0.3, 0.4) is 0 Å². The first-order valence-electron chi connectivity index (χ1n) is 5.08. The van der Waals surface area contributed by atoms with Crippen molar-refractivity contribution >= 4 is 0 Å². The van der Waals surface area contributed by atoms with Crippen LogP contribution in [0.5, 0.6) is 0 Å². The summed E-state index contributed by atoms with van der Waals surface area (Å²) in [5, 5.41) is 0. The average molecular weight is 192 g/mol. The molecule has 0 radical (unpaired) electrons. The lowest BCUT2D eigenvalue weighted by atomic mass is 10.0. The fourth-order valence-electron chi connectivity index (χ4n) is 2.25. The molecule has 3 nitrogen and oxygen atoms in total. The molecular weight excluding hydrogens is 176 g/mol. The number of aryl methyl sites for hydroxylation is 1. The van der Waals surface area contributed by atoms with Crippen molar-refractivity contribution in [2.45, 2.75) is 25.8 Å². The minimum absolute atomic E-state index is 0.00750. The quantitative estimate of drug-likeness (QED) is 0.731. The molecule has 1 saturated heterocycles. The van der Waals surface area contributed by atoms with Crippen LogP contribution >= 0.6 is 0 Å². The molecule has 1 atom stereocenters. The molecule has 1 aromatic heterocycles. The molecule has 1 aliphatic heterocycles. The van der Waals surface area contributed by atoms with E-state index >= 15 is 0 Å². The molecule has 1 N–H and O–H groups in total. The Morgan fingerprint density at radius 2 is 2.29 bits per heavy atom. The second-order valence-electron chi connectivity index (χ2n) is 4.04. The topological polar surface area (TPSA) is 36.1 Å². The number of hydrogen-bond donors (Lipinski definition) is 1. The number of hydrogen-bond acceptors (Lipinski definition) is 2. The van der Waals surface area contributed by atoms with Gasteiger partial charge in [0.2, 0.25) is 5.56 Å². The molecule has 2 rings (SSSR count). The van der Waals surface area contributed by atoms with Crippen LogP contribution in [0.2, 0.25) is 0 Å². The number of nitrogens with zero attached hydrogens (tertiary/aromatic N) is 1. The molecule has 2 heterocycles. The van der Waals surface area contributed by atoms with E-state index in [2.05, 4.69) is 16.9 Å². The third kappa shape index (κ3) is 1.60. The van der Waals surface area contributed by atoms with Crippen LogP contribution in [0.25, 0.3) is 0 Å². The van der Waals surface area contributed by atoms with E-state index in [4.69, 9.17) is 0 Å². The predicted molar refractivity (Wildman–Crippen MR) is 56.4 cm³/mol. The Bertz CT molecular complexity index is 383. The van der Waals surface area contributed by atoms with E-state index in [0.29, 0.717) is 6.04 Å². The fourth-order valence-corrected chi connectivity index (χ4v) is 2.25. The third-order valence-electron chi connectivity index (χ3n) is 3.04. The minimum atomic E-state index is -0.00750. The summed E-state index contributed by atoms with van der Waals surface area (Å²) in [4.78, 5) is 16.3. The van der Waals surface area contributed by atoms with E-state index in [1.165, 1.54) is 18.4 Å². The molecule has 1 aromatic rings. The zero-order valence-electron chi connectivity index (χ0n) is 8.71. The maximum absolute atomic E-state index is 11.1. The van der Waals surface area contributed by atoms with Crippen molar-refractivity contribution in [3.63, 3.8) is 0 Å². The summed E-state index contributed by atoms with van der Waals surface area (Å²) >= 11 is 0. The Labute approximate surface area is 83.8 Å².